The molecule has 3 heteroatoms. The molecular formula is C12H12BrNO. The lowest BCUT2D eigenvalue weighted by Crippen LogP contribution is -2.04. The van der Waals surface area contributed by atoms with Gasteiger partial charge in [0.25, 0.3) is 0 Å². The molecule has 0 bridgehead atoms. The van der Waals surface area contributed by atoms with Gasteiger partial charge in [-0.15, -0.1) is 0 Å². The van der Waals surface area contributed by atoms with Crippen molar-refractivity contribution in [2.45, 2.75) is 13.0 Å². The molecule has 1 N–H and O–H groups in total. The fourth-order valence-corrected chi connectivity index (χ4v) is 1.67. The van der Waals surface area contributed by atoms with Crippen LogP contribution in [0.4, 0.5) is 5.69 Å². The highest BCUT2D eigenvalue weighted by Gasteiger charge is 2.06. The Balaban J connectivity index is 2.06. The molecule has 2 rings (SSSR count). The summed E-state index contributed by atoms with van der Waals surface area (Å²) in [5, 5.41) is 3.36. The molecule has 0 saturated heterocycles. The standard InChI is InChI=1S/C12H12BrNO/c1-9(12-3-2-8-15-12)14-11-6-4-10(13)5-7-11/h2-9,14H,1H3/t9-/m0/s1. The number of halogens is 1. The van der Waals surface area contributed by atoms with Gasteiger partial charge in [0.15, 0.2) is 0 Å². The van der Waals surface area contributed by atoms with Crippen molar-refractivity contribution in [1.82, 2.24) is 0 Å². The third-order valence-electron chi connectivity index (χ3n) is 2.20. The molecule has 0 amide bonds. The fraction of sp³-hybridized carbons (Fsp3) is 0.167. The van der Waals surface area contributed by atoms with Crippen LogP contribution in [0.15, 0.2) is 51.6 Å². The topological polar surface area (TPSA) is 25.2 Å². The molecule has 1 heterocycles. The van der Waals surface area contributed by atoms with Crippen LogP contribution in [-0.2, 0) is 0 Å². The van der Waals surface area contributed by atoms with Crippen molar-refractivity contribution in [3.8, 4) is 0 Å². The van der Waals surface area contributed by atoms with Gasteiger partial charge in [0.2, 0.25) is 0 Å². The Morgan fingerprint density at radius 1 is 1.20 bits per heavy atom. The molecule has 0 fully saturated rings. The third kappa shape index (κ3) is 2.63. The van der Waals surface area contributed by atoms with Gasteiger partial charge in [-0.1, -0.05) is 15.9 Å². The molecule has 0 spiro atoms. The Kier molecular flexibility index (Phi) is 3.11. The summed E-state index contributed by atoms with van der Waals surface area (Å²) < 4.78 is 6.40. The molecule has 15 heavy (non-hydrogen) atoms. The Morgan fingerprint density at radius 3 is 2.53 bits per heavy atom. The minimum Gasteiger partial charge on any atom is -0.467 e. The second kappa shape index (κ2) is 4.53. The van der Waals surface area contributed by atoms with Crippen LogP contribution in [0.1, 0.15) is 18.7 Å². The van der Waals surface area contributed by atoms with Crippen LogP contribution in [0, 0.1) is 0 Å². The minimum atomic E-state index is 0.182. The summed E-state index contributed by atoms with van der Waals surface area (Å²) in [6, 6.07) is 12.1. The summed E-state index contributed by atoms with van der Waals surface area (Å²) in [6.07, 6.45) is 1.69. The highest BCUT2D eigenvalue weighted by molar-refractivity contribution is 9.10. The van der Waals surface area contributed by atoms with Gasteiger partial charge in [0, 0.05) is 10.2 Å². The summed E-state index contributed by atoms with van der Waals surface area (Å²) in [6.45, 7) is 2.07. The lowest BCUT2D eigenvalue weighted by atomic mass is 10.2. The first-order valence-electron chi connectivity index (χ1n) is 4.81. The maximum absolute atomic E-state index is 5.32. The first-order valence-corrected chi connectivity index (χ1v) is 5.60. The van der Waals surface area contributed by atoms with Gasteiger partial charge >= 0.3 is 0 Å². The van der Waals surface area contributed by atoms with Gasteiger partial charge in [-0.3, -0.25) is 0 Å². The summed E-state index contributed by atoms with van der Waals surface area (Å²) in [4.78, 5) is 0. The van der Waals surface area contributed by atoms with Crippen molar-refractivity contribution >= 4 is 21.6 Å². The second-order valence-corrected chi connectivity index (χ2v) is 4.30. The van der Waals surface area contributed by atoms with E-state index < -0.39 is 0 Å². The molecule has 1 aromatic heterocycles. The van der Waals surface area contributed by atoms with Crippen molar-refractivity contribution in [3.63, 3.8) is 0 Å². The number of furan rings is 1. The average molecular weight is 266 g/mol. The zero-order chi connectivity index (χ0) is 10.7. The molecule has 0 aliphatic heterocycles. The van der Waals surface area contributed by atoms with E-state index in [2.05, 4.69) is 28.2 Å². The van der Waals surface area contributed by atoms with E-state index in [0.717, 1.165) is 15.9 Å². The van der Waals surface area contributed by atoms with Crippen LogP contribution in [0.25, 0.3) is 0 Å². The Labute approximate surface area is 97.4 Å². The van der Waals surface area contributed by atoms with E-state index in [0.29, 0.717) is 0 Å². The fourth-order valence-electron chi connectivity index (χ4n) is 1.40. The number of nitrogens with one attached hydrogen (secondary N) is 1. The van der Waals surface area contributed by atoms with E-state index >= 15 is 0 Å². The van der Waals surface area contributed by atoms with Gasteiger partial charge in [0.05, 0.1) is 12.3 Å². The second-order valence-electron chi connectivity index (χ2n) is 3.39. The molecule has 2 nitrogen and oxygen atoms in total. The number of benzene rings is 1. The first kappa shape index (κ1) is 10.3. The summed E-state index contributed by atoms with van der Waals surface area (Å²) in [5.74, 6) is 0.943. The van der Waals surface area contributed by atoms with Crippen LogP contribution in [0.5, 0.6) is 0 Å². The zero-order valence-corrected chi connectivity index (χ0v) is 9.99. The van der Waals surface area contributed by atoms with Crippen LogP contribution in [0.3, 0.4) is 0 Å². The lowest BCUT2D eigenvalue weighted by Gasteiger charge is -2.12. The summed E-state index contributed by atoms with van der Waals surface area (Å²) >= 11 is 3.40. The van der Waals surface area contributed by atoms with Gasteiger partial charge in [-0.2, -0.15) is 0 Å². The minimum absolute atomic E-state index is 0.182. The molecule has 0 aliphatic carbocycles. The Bertz CT molecular complexity index is 408. The Morgan fingerprint density at radius 2 is 1.93 bits per heavy atom. The molecule has 0 aliphatic rings. The van der Waals surface area contributed by atoms with Crippen LogP contribution in [0.2, 0.25) is 0 Å². The van der Waals surface area contributed by atoms with E-state index in [1.165, 1.54) is 0 Å². The van der Waals surface area contributed by atoms with Crippen LogP contribution in [-0.4, -0.2) is 0 Å². The first-order chi connectivity index (χ1) is 7.25. The quantitative estimate of drug-likeness (QED) is 0.899. The van der Waals surface area contributed by atoms with Crippen molar-refractivity contribution in [1.29, 1.82) is 0 Å². The van der Waals surface area contributed by atoms with Gasteiger partial charge in [-0.25, -0.2) is 0 Å². The van der Waals surface area contributed by atoms with Gasteiger partial charge < -0.3 is 9.73 Å². The monoisotopic (exact) mass is 265 g/mol. The van der Waals surface area contributed by atoms with Gasteiger partial charge in [-0.05, 0) is 43.3 Å². The molecule has 0 unspecified atom stereocenters. The highest BCUT2D eigenvalue weighted by atomic mass is 79.9. The molecular weight excluding hydrogens is 254 g/mol. The van der Waals surface area contributed by atoms with Crippen molar-refractivity contribution < 1.29 is 4.42 Å². The Hall–Kier alpha value is -1.22. The number of hydrogen-bond acceptors (Lipinski definition) is 2. The molecule has 1 atom stereocenters. The van der Waals surface area contributed by atoms with Crippen molar-refractivity contribution in [2.75, 3.05) is 5.32 Å². The van der Waals surface area contributed by atoms with Crippen molar-refractivity contribution in [2.24, 2.45) is 0 Å². The molecule has 1 aromatic carbocycles. The SMILES string of the molecule is C[C@H](Nc1ccc(Br)cc1)c1ccco1. The predicted molar refractivity (Wildman–Crippen MR) is 64.9 cm³/mol. The smallest absolute Gasteiger partial charge is 0.125 e. The molecule has 0 saturated carbocycles. The maximum Gasteiger partial charge on any atom is 0.125 e. The normalized spacial score (nSPS) is 12.4. The van der Waals surface area contributed by atoms with E-state index in [-0.39, 0.29) is 6.04 Å². The molecule has 78 valence electrons. The number of rotatable bonds is 3. The maximum atomic E-state index is 5.32. The zero-order valence-electron chi connectivity index (χ0n) is 8.41. The van der Waals surface area contributed by atoms with Crippen molar-refractivity contribution in [3.05, 3.63) is 52.9 Å². The van der Waals surface area contributed by atoms with E-state index in [4.69, 9.17) is 4.42 Å². The molecule has 0 radical (unpaired) electrons. The largest absolute Gasteiger partial charge is 0.467 e. The lowest BCUT2D eigenvalue weighted by molar-refractivity contribution is 0.490. The number of hydrogen-bond donors (Lipinski definition) is 1. The van der Waals surface area contributed by atoms with E-state index in [1.807, 2.05) is 36.4 Å². The van der Waals surface area contributed by atoms with Crippen LogP contribution >= 0.6 is 15.9 Å². The highest BCUT2D eigenvalue weighted by Crippen LogP contribution is 2.20. The summed E-state index contributed by atoms with van der Waals surface area (Å²) in [7, 11) is 0. The van der Waals surface area contributed by atoms with E-state index in [9.17, 15) is 0 Å². The molecule has 2 aromatic rings. The summed E-state index contributed by atoms with van der Waals surface area (Å²) in [5.41, 5.74) is 1.09. The third-order valence-corrected chi connectivity index (χ3v) is 2.73. The van der Waals surface area contributed by atoms with Crippen LogP contribution < -0.4 is 5.32 Å². The van der Waals surface area contributed by atoms with Gasteiger partial charge in [0.1, 0.15) is 5.76 Å². The number of anilines is 1. The van der Waals surface area contributed by atoms with E-state index in [1.54, 1.807) is 6.26 Å². The predicted octanol–water partition coefficient (Wildman–Crippen LogP) is 4.22. The average Bonchev–Trinajstić information content (AvgIpc) is 2.74.